The number of rotatable bonds is 8. The molecule has 3 aromatic rings. The fourth-order valence-electron chi connectivity index (χ4n) is 4.42. The number of thioether (sulfide) groups is 1. The van der Waals surface area contributed by atoms with Gasteiger partial charge in [0.05, 0.1) is 16.9 Å². The van der Waals surface area contributed by atoms with Crippen LogP contribution in [-0.4, -0.2) is 55.4 Å². The van der Waals surface area contributed by atoms with Crippen molar-refractivity contribution < 1.29 is 18.0 Å². The number of amides is 1. The van der Waals surface area contributed by atoms with Crippen molar-refractivity contribution in [3.63, 3.8) is 0 Å². The summed E-state index contributed by atoms with van der Waals surface area (Å²) in [6.45, 7) is 7.23. The number of sulfone groups is 1. The quantitative estimate of drug-likeness (QED) is 0.179. The van der Waals surface area contributed by atoms with Crippen LogP contribution in [0.25, 0.3) is 0 Å². The van der Waals surface area contributed by atoms with Gasteiger partial charge in [0.25, 0.3) is 0 Å². The van der Waals surface area contributed by atoms with Crippen LogP contribution in [-0.2, 0) is 14.6 Å². The molecular formula is C23H21N5O4S5. The SMILES string of the molecule is C=CCC1C(=O)N2C(C(=O)c3ccccc3)=C(C(S)c3nnc(C)s3)C(Sc3nnc(C)s3)S(=O)(=O)C12. The van der Waals surface area contributed by atoms with E-state index in [2.05, 4.69) is 27.0 Å². The Bertz CT molecular complexity index is 1530. The Kier molecular flexibility index (Phi) is 7.13. The van der Waals surface area contributed by atoms with E-state index in [1.165, 1.54) is 28.7 Å². The van der Waals surface area contributed by atoms with E-state index in [-0.39, 0.29) is 17.7 Å². The number of aromatic nitrogens is 4. The molecule has 192 valence electrons. The van der Waals surface area contributed by atoms with Crippen molar-refractivity contribution in [1.82, 2.24) is 25.3 Å². The average Bonchev–Trinajstić information content (AvgIpc) is 3.50. The summed E-state index contributed by atoms with van der Waals surface area (Å²) in [6, 6.07) is 8.47. The van der Waals surface area contributed by atoms with Crippen molar-refractivity contribution >= 4 is 68.6 Å². The average molecular weight is 592 g/mol. The van der Waals surface area contributed by atoms with Gasteiger partial charge in [0.15, 0.2) is 19.6 Å². The normalized spacial score (nSPS) is 23.4. The van der Waals surface area contributed by atoms with E-state index < -0.39 is 42.7 Å². The zero-order chi connectivity index (χ0) is 26.5. The second-order valence-corrected chi connectivity index (χ2v) is 15.1. The number of carbonyl (C=O) groups excluding carboxylic acids is 2. The highest BCUT2D eigenvalue weighted by atomic mass is 32.3. The van der Waals surface area contributed by atoms with Crippen LogP contribution in [0.4, 0.5) is 0 Å². The first-order valence-electron chi connectivity index (χ1n) is 11.1. The van der Waals surface area contributed by atoms with E-state index in [0.717, 1.165) is 16.7 Å². The number of carbonyl (C=O) groups is 2. The maximum atomic E-state index is 14.2. The second kappa shape index (κ2) is 10.1. The van der Waals surface area contributed by atoms with E-state index in [1.54, 1.807) is 44.2 Å². The van der Waals surface area contributed by atoms with Gasteiger partial charge in [-0.15, -0.1) is 38.3 Å². The Balaban J connectivity index is 1.77. The van der Waals surface area contributed by atoms with Gasteiger partial charge >= 0.3 is 0 Å². The number of thiol groups is 1. The second-order valence-electron chi connectivity index (χ2n) is 8.42. The molecule has 5 rings (SSSR count). The van der Waals surface area contributed by atoms with Crippen LogP contribution in [0.5, 0.6) is 0 Å². The van der Waals surface area contributed by atoms with Gasteiger partial charge in [-0.3, -0.25) is 14.5 Å². The van der Waals surface area contributed by atoms with E-state index in [9.17, 15) is 18.0 Å². The van der Waals surface area contributed by atoms with Gasteiger partial charge in [0, 0.05) is 11.1 Å². The van der Waals surface area contributed by atoms with E-state index >= 15 is 0 Å². The van der Waals surface area contributed by atoms with Gasteiger partial charge in [0.1, 0.15) is 19.6 Å². The maximum Gasteiger partial charge on any atom is 0.234 e. The zero-order valence-corrected chi connectivity index (χ0v) is 23.8. The number of allylic oxidation sites excluding steroid dienone is 2. The molecule has 4 heterocycles. The van der Waals surface area contributed by atoms with Crippen LogP contribution in [0.15, 0.2) is 58.6 Å². The Labute approximate surface area is 231 Å². The maximum absolute atomic E-state index is 14.2. The van der Waals surface area contributed by atoms with Gasteiger partial charge in [-0.25, -0.2) is 8.42 Å². The van der Waals surface area contributed by atoms with Crippen molar-refractivity contribution in [2.75, 3.05) is 0 Å². The fraction of sp³-hybridized carbons (Fsp3) is 0.304. The number of ketones is 1. The number of hydrogen-bond acceptors (Lipinski definition) is 12. The summed E-state index contributed by atoms with van der Waals surface area (Å²) < 4.78 is 27.5. The first kappa shape index (κ1) is 26.2. The molecule has 4 atom stereocenters. The Morgan fingerprint density at radius 3 is 2.43 bits per heavy atom. The van der Waals surface area contributed by atoms with Gasteiger partial charge in [-0.1, -0.05) is 59.5 Å². The van der Waals surface area contributed by atoms with E-state index in [4.69, 9.17) is 12.6 Å². The summed E-state index contributed by atoms with van der Waals surface area (Å²) in [7, 11) is -4.05. The van der Waals surface area contributed by atoms with Gasteiger partial charge in [0.2, 0.25) is 11.7 Å². The predicted molar refractivity (Wildman–Crippen MR) is 146 cm³/mol. The largest absolute Gasteiger partial charge is 0.290 e. The lowest BCUT2D eigenvalue weighted by atomic mass is 9.90. The molecule has 0 spiro atoms. The summed E-state index contributed by atoms with van der Waals surface area (Å²) in [6.07, 6.45) is 1.70. The number of hydrogen-bond donors (Lipinski definition) is 1. The first-order valence-corrected chi connectivity index (χ1v) is 15.7. The third kappa shape index (κ3) is 4.48. The highest BCUT2D eigenvalue weighted by molar-refractivity contribution is 8.15. The number of benzene rings is 1. The van der Waals surface area contributed by atoms with Crippen LogP contribution in [0.2, 0.25) is 0 Å². The summed E-state index contributed by atoms with van der Waals surface area (Å²) in [5.74, 6) is -1.72. The Hall–Kier alpha value is -2.39. The predicted octanol–water partition coefficient (Wildman–Crippen LogP) is 4.02. The number of fused-ring (bicyclic) bond motifs is 1. The minimum atomic E-state index is -4.05. The molecule has 0 N–H and O–H groups in total. The Morgan fingerprint density at radius 2 is 1.84 bits per heavy atom. The molecule has 0 bridgehead atoms. The molecule has 1 saturated heterocycles. The molecule has 1 fully saturated rings. The lowest BCUT2D eigenvalue weighted by Gasteiger charge is -2.52. The van der Waals surface area contributed by atoms with Gasteiger partial charge in [-0.2, -0.15) is 12.6 Å². The molecule has 1 aromatic carbocycles. The van der Waals surface area contributed by atoms with Crippen LogP contribution >= 0.6 is 47.1 Å². The molecule has 0 radical (unpaired) electrons. The monoisotopic (exact) mass is 591 g/mol. The van der Waals surface area contributed by atoms with E-state index in [0.29, 0.717) is 24.9 Å². The standard InChI is InChI=1S/C23H21N5O4S5/c1-4-8-14-20(30)28-16(17(29)13-9-6-5-7-10-13)15(18(33)19-26-24-11(2)34-19)22(37(31,32)21(14)28)36-23-27-25-12(3)35-23/h4-7,9-10,14,18,21-22,33H,1,8H2,2-3H3. The fourth-order valence-corrected chi connectivity index (χ4v) is 11.1. The minimum Gasteiger partial charge on any atom is -0.290 e. The highest BCUT2D eigenvalue weighted by Gasteiger charge is 2.63. The van der Waals surface area contributed by atoms with Crippen molar-refractivity contribution in [2.45, 2.75) is 39.8 Å². The summed E-state index contributed by atoms with van der Waals surface area (Å²) in [4.78, 5) is 28.5. The molecule has 2 aliphatic rings. The topological polar surface area (TPSA) is 123 Å². The third-order valence-electron chi connectivity index (χ3n) is 6.01. The van der Waals surface area contributed by atoms with Crippen molar-refractivity contribution in [1.29, 1.82) is 0 Å². The molecule has 1 amide bonds. The molecule has 0 aliphatic carbocycles. The third-order valence-corrected chi connectivity index (χ3v) is 12.7. The molecule has 0 saturated carbocycles. The molecule has 9 nitrogen and oxygen atoms in total. The lowest BCUT2D eigenvalue weighted by Crippen LogP contribution is -2.68. The van der Waals surface area contributed by atoms with Crippen molar-refractivity contribution in [3.05, 3.63) is 74.8 Å². The summed E-state index contributed by atoms with van der Waals surface area (Å²) in [5.41, 5.74) is 0.522. The van der Waals surface area contributed by atoms with Crippen molar-refractivity contribution in [2.24, 2.45) is 5.92 Å². The summed E-state index contributed by atoms with van der Waals surface area (Å²) in [5, 5.41) is 16.0. The number of nitrogens with zero attached hydrogens (tertiary/aromatic N) is 5. The summed E-state index contributed by atoms with van der Waals surface area (Å²) >= 11 is 8.28. The van der Waals surface area contributed by atoms with Crippen molar-refractivity contribution in [3.8, 4) is 0 Å². The molecule has 14 heteroatoms. The number of Topliss-reactive ketones (excluding diaryl/α,β-unsaturated/α-hetero) is 1. The number of aryl methyl sites for hydroxylation is 2. The van der Waals surface area contributed by atoms with Gasteiger partial charge < -0.3 is 0 Å². The van der Waals surface area contributed by atoms with Crippen LogP contribution < -0.4 is 0 Å². The van der Waals surface area contributed by atoms with Crippen LogP contribution in [0, 0.1) is 19.8 Å². The molecule has 2 aliphatic heterocycles. The zero-order valence-electron chi connectivity index (χ0n) is 19.6. The highest BCUT2D eigenvalue weighted by Crippen LogP contribution is 2.53. The Morgan fingerprint density at radius 1 is 1.16 bits per heavy atom. The van der Waals surface area contributed by atoms with E-state index in [1.807, 2.05) is 0 Å². The molecule has 37 heavy (non-hydrogen) atoms. The molecule has 4 unspecified atom stereocenters. The smallest absolute Gasteiger partial charge is 0.234 e. The lowest BCUT2D eigenvalue weighted by molar-refractivity contribution is -0.147. The van der Waals surface area contributed by atoms with Gasteiger partial charge in [-0.05, 0) is 20.3 Å². The molecular weight excluding hydrogens is 571 g/mol. The van der Waals surface area contributed by atoms with Crippen LogP contribution in [0.3, 0.4) is 0 Å². The first-order chi connectivity index (χ1) is 17.6. The number of β-lactam (4-membered cyclic amide) rings is 1. The van der Waals surface area contributed by atoms with Crippen LogP contribution in [0.1, 0.15) is 37.1 Å². The minimum absolute atomic E-state index is 0.0166. The molecule has 2 aromatic heterocycles.